The Morgan fingerprint density at radius 2 is 2.25 bits per heavy atom. The van der Waals surface area contributed by atoms with Gasteiger partial charge in [-0.15, -0.1) is 0 Å². The molecule has 1 aliphatic heterocycles. The topological polar surface area (TPSA) is 33.3 Å². The molecular formula is C13H20N2O. The van der Waals surface area contributed by atoms with Gasteiger partial charge < -0.3 is 15.4 Å². The van der Waals surface area contributed by atoms with E-state index in [9.17, 15) is 0 Å². The molecule has 2 unspecified atom stereocenters. The molecule has 1 fully saturated rings. The zero-order chi connectivity index (χ0) is 11.2. The summed E-state index contributed by atoms with van der Waals surface area (Å²) in [5, 5.41) is 6.96. The third-order valence-electron chi connectivity index (χ3n) is 2.82. The highest BCUT2D eigenvalue weighted by Crippen LogP contribution is 2.10. The Kier molecular flexibility index (Phi) is 4.19. The molecule has 1 aliphatic rings. The van der Waals surface area contributed by atoms with Crippen molar-refractivity contribution in [1.82, 2.24) is 5.32 Å². The summed E-state index contributed by atoms with van der Waals surface area (Å²) in [4.78, 5) is 0. The summed E-state index contributed by atoms with van der Waals surface area (Å²) in [7, 11) is 0. The first-order valence-electron chi connectivity index (χ1n) is 5.97. The van der Waals surface area contributed by atoms with Gasteiger partial charge in [0.2, 0.25) is 0 Å². The van der Waals surface area contributed by atoms with Gasteiger partial charge in [0.1, 0.15) is 0 Å². The molecule has 1 aromatic carbocycles. The minimum absolute atomic E-state index is 0.460. The molecule has 2 rings (SSSR count). The molecule has 0 radical (unpaired) electrons. The molecule has 0 bridgehead atoms. The zero-order valence-corrected chi connectivity index (χ0v) is 9.78. The monoisotopic (exact) mass is 220 g/mol. The molecule has 0 saturated carbocycles. The molecule has 0 aliphatic carbocycles. The van der Waals surface area contributed by atoms with Crippen molar-refractivity contribution < 1.29 is 4.74 Å². The van der Waals surface area contributed by atoms with Gasteiger partial charge in [-0.25, -0.2) is 0 Å². The fourth-order valence-electron chi connectivity index (χ4n) is 2.08. The maximum Gasteiger partial charge on any atom is 0.0621 e. The van der Waals surface area contributed by atoms with Gasteiger partial charge in [-0.2, -0.15) is 0 Å². The number of hydrogen-bond acceptors (Lipinski definition) is 3. The molecule has 3 heteroatoms. The van der Waals surface area contributed by atoms with E-state index in [1.165, 1.54) is 5.69 Å². The van der Waals surface area contributed by atoms with Crippen molar-refractivity contribution in [3.8, 4) is 0 Å². The van der Waals surface area contributed by atoms with E-state index in [0.717, 1.165) is 26.2 Å². The zero-order valence-electron chi connectivity index (χ0n) is 9.78. The second-order valence-corrected chi connectivity index (χ2v) is 4.37. The van der Waals surface area contributed by atoms with Crippen LogP contribution in [-0.4, -0.2) is 31.8 Å². The van der Waals surface area contributed by atoms with Crippen LogP contribution >= 0.6 is 0 Å². The Morgan fingerprint density at radius 1 is 1.44 bits per heavy atom. The third kappa shape index (κ3) is 3.51. The number of anilines is 1. The lowest BCUT2D eigenvalue weighted by Crippen LogP contribution is -2.43. The van der Waals surface area contributed by atoms with Crippen LogP contribution in [0.15, 0.2) is 30.3 Å². The smallest absolute Gasteiger partial charge is 0.0621 e. The van der Waals surface area contributed by atoms with Crippen molar-refractivity contribution in [2.45, 2.75) is 25.4 Å². The van der Waals surface area contributed by atoms with Crippen LogP contribution in [0.2, 0.25) is 0 Å². The van der Waals surface area contributed by atoms with E-state index in [4.69, 9.17) is 4.74 Å². The second-order valence-electron chi connectivity index (χ2n) is 4.37. The van der Waals surface area contributed by atoms with E-state index >= 15 is 0 Å². The van der Waals surface area contributed by atoms with Gasteiger partial charge in [-0.05, 0) is 25.5 Å². The van der Waals surface area contributed by atoms with E-state index in [-0.39, 0.29) is 0 Å². The minimum atomic E-state index is 0.460. The molecule has 2 N–H and O–H groups in total. The number of para-hydroxylation sites is 1. The molecule has 1 aromatic rings. The first-order chi connectivity index (χ1) is 7.84. The number of ether oxygens (including phenoxy) is 1. The van der Waals surface area contributed by atoms with Crippen molar-refractivity contribution in [2.24, 2.45) is 0 Å². The van der Waals surface area contributed by atoms with E-state index < -0.39 is 0 Å². The number of nitrogens with one attached hydrogen (secondary N) is 2. The predicted octanol–water partition coefficient (Wildman–Crippen LogP) is 1.87. The number of hydrogen-bond donors (Lipinski definition) is 2. The van der Waals surface area contributed by atoms with Crippen LogP contribution in [-0.2, 0) is 4.74 Å². The fourth-order valence-corrected chi connectivity index (χ4v) is 2.08. The quantitative estimate of drug-likeness (QED) is 0.812. The fraction of sp³-hybridized carbons (Fsp3) is 0.538. The van der Waals surface area contributed by atoms with Crippen LogP contribution in [0, 0.1) is 0 Å². The Morgan fingerprint density at radius 3 is 2.94 bits per heavy atom. The summed E-state index contributed by atoms with van der Waals surface area (Å²) in [6.07, 6.45) is 1.09. The van der Waals surface area contributed by atoms with Gasteiger partial charge in [0.25, 0.3) is 0 Å². The maximum absolute atomic E-state index is 5.44. The molecule has 88 valence electrons. The Hall–Kier alpha value is -1.06. The van der Waals surface area contributed by atoms with Crippen molar-refractivity contribution in [2.75, 3.05) is 25.1 Å². The molecule has 0 aromatic heterocycles. The number of morpholine rings is 1. The van der Waals surface area contributed by atoms with Gasteiger partial charge >= 0.3 is 0 Å². The molecule has 1 heterocycles. The second kappa shape index (κ2) is 5.87. The first-order valence-corrected chi connectivity index (χ1v) is 5.97. The summed E-state index contributed by atoms with van der Waals surface area (Å²) < 4.78 is 5.44. The van der Waals surface area contributed by atoms with Crippen LogP contribution in [0.25, 0.3) is 0 Å². The molecular weight excluding hydrogens is 200 g/mol. The van der Waals surface area contributed by atoms with Crippen molar-refractivity contribution in [3.05, 3.63) is 30.3 Å². The van der Waals surface area contributed by atoms with Crippen LogP contribution in [0.4, 0.5) is 5.69 Å². The molecule has 1 saturated heterocycles. The summed E-state index contributed by atoms with van der Waals surface area (Å²) in [6.45, 7) is 4.86. The van der Waals surface area contributed by atoms with Gasteiger partial charge in [0.05, 0.1) is 13.2 Å². The normalized spacial score (nSPS) is 22.7. The molecule has 16 heavy (non-hydrogen) atoms. The van der Waals surface area contributed by atoms with Gasteiger partial charge in [0, 0.05) is 24.3 Å². The highest BCUT2D eigenvalue weighted by Gasteiger charge is 2.15. The standard InChI is InChI=1S/C13H20N2O/c1-11(9-13-10-16-8-7-14-13)15-12-5-3-2-4-6-12/h2-6,11,13-15H,7-10H2,1H3. The van der Waals surface area contributed by atoms with Crippen LogP contribution in [0.5, 0.6) is 0 Å². The maximum atomic E-state index is 5.44. The van der Waals surface area contributed by atoms with Crippen molar-refractivity contribution in [1.29, 1.82) is 0 Å². The van der Waals surface area contributed by atoms with E-state index in [0.29, 0.717) is 12.1 Å². The number of benzene rings is 1. The first kappa shape index (κ1) is 11.4. The van der Waals surface area contributed by atoms with Crippen LogP contribution in [0.1, 0.15) is 13.3 Å². The third-order valence-corrected chi connectivity index (χ3v) is 2.82. The average molecular weight is 220 g/mol. The summed E-state index contributed by atoms with van der Waals surface area (Å²) >= 11 is 0. The SMILES string of the molecule is CC(CC1COCCN1)Nc1ccccc1. The molecule has 3 nitrogen and oxygen atoms in total. The summed E-state index contributed by atoms with van der Waals surface area (Å²) in [5.74, 6) is 0. The average Bonchev–Trinajstić information content (AvgIpc) is 2.31. The largest absolute Gasteiger partial charge is 0.383 e. The molecule has 0 amide bonds. The summed E-state index contributed by atoms with van der Waals surface area (Å²) in [5.41, 5.74) is 1.19. The van der Waals surface area contributed by atoms with E-state index in [1.807, 2.05) is 6.07 Å². The van der Waals surface area contributed by atoms with E-state index in [1.54, 1.807) is 0 Å². The lowest BCUT2D eigenvalue weighted by Gasteiger charge is -2.27. The molecule has 2 atom stereocenters. The minimum Gasteiger partial charge on any atom is -0.383 e. The Balaban J connectivity index is 1.77. The number of rotatable bonds is 4. The lowest BCUT2D eigenvalue weighted by atomic mass is 10.1. The Bertz CT molecular complexity index is 296. The van der Waals surface area contributed by atoms with Gasteiger partial charge in [-0.1, -0.05) is 18.2 Å². The van der Waals surface area contributed by atoms with Crippen LogP contribution in [0.3, 0.4) is 0 Å². The lowest BCUT2D eigenvalue weighted by molar-refractivity contribution is 0.0731. The molecule has 0 spiro atoms. The highest BCUT2D eigenvalue weighted by molar-refractivity contribution is 5.43. The Labute approximate surface area is 97.2 Å². The van der Waals surface area contributed by atoms with Gasteiger partial charge in [0.15, 0.2) is 0 Å². The van der Waals surface area contributed by atoms with E-state index in [2.05, 4.69) is 41.8 Å². The van der Waals surface area contributed by atoms with Gasteiger partial charge in [-0.3, -0.25) is 0 Å². The van der Waals surface area contributed by atoms with Crippen molar-refractivity contribution in [3.63, 3.8) is 0 Å². The van der Waals surface area contributed by atoms with Crippen molar-refractivity contribution >= 4 is 5.69 Å². The van der Waals surface area contributed by atoms with Crippen LogP contribution < -0.4 is 10.6 Å². The predicted molar refractivity (Wildman–Crippen MR) is 66.8 cm³/mol. The highest BCUT2D eigenvalue weighted by atomic mass is 16.5. The summed E-state index contributed by atoms with van der Waals surface area (Å²) in [6, 6.07) is 11.3.